The van der Waals surface area contributed by atoms with Gasteiger partial charge in [-0.2, -0.15) is 0 Å². The maximum absolute atomic E-state index is 11.3. The van der Waals surface area contributed by atoms with E-state index in [4.69, 9.17) is 4.52 Å². The first-order chi connectivity index (χ1) is 6.80. The van der Waals surface area contributed by atoms with Crippen molar-refractivity contribution in [2.45, 2.75) is 37.9 Å². The molecule has 84 valence electrons. The van der Waals surface area contributed by atoms with Crippen LogP contribution in [0.15, 0.2) is 10.6 Å². The second kappa shape index (κ2) is 4.35. The predicted molar refractivity (Wildman–Crippen MR) is 62.2 cm³/mol. The van der Waals surface area contributed by atoms with Crippen LogP contribution < -0.4 is 5.32 Å². The van der Waals surface area contributed by atoms with Gasteiger partial charge in [-0.1, -0.05) is 41.9 Å². The summed E-state index contributed by atoms with van der Waals surface area (Å²) in [5, 5.41) is 6.51. The first kappa shape index (κ1) is 12.2. The summed E-state index contributed by atoms with van der Waals surface area (Å²) in [5.41, 5.74) is 0.743. The Balaban J connectivity index is 2.73. The van der Waals surface area contributed by atoms with Crippen LogP contribution in [0, 0.1) is 0 Å². The number of aromatic nitrogens is 1. The van der Waals surface area contributed by atoms with Crippen LogP contribution in [0.1, 0.15) is 33.4 Å². The van der Waals surface area contributed by atoms with Gasteiger partial charge in [-0.3, -0.25) is 10.1 Å². The van der Waals surface area contributed by atoms with Crippen LogP contribution in [-0.2, 0) is 10.2 Å². The molecule has 1 aromatic rings. The fourth-order valence-electron chi connectivity index (χ4n) is 0.908. The molecule has 0 bridgehead atoms. The summed E-state index contributed by atoms with van der Waals surface area (Å²) >= 11 is 3.17. The Morgan fingerprint density at radius 2 is 2.20 bits per heavy atom. The maximum atomic E-state index is 11.3. The van der Waals surface area contributed by atoms with Crippen LogP contribution in [0.25, 0.3) is 0 Å². The van der Waals surface area contributed by atoms with Crippen molar-refractivity contribution in [2.75, 3.05) is 5.32 Å². The van der Waals surface area contributed by atoms with Gasteiger partial charge in [-0.15, -0.1) is 0 Å². The predicted octanol–water partition coefficient (Wildman–Crippen LogP) is 2.69. The molecule has 1 amide bonds. The Hall–Kier alpha value is -0.840. The normalized spacial score (nSPS) is 13.7. The maximum Gasteiger partial charge on any atom is 0.240 e. The molecule has 0 fully saturated rings. The average Bonchev–Trinajstić information content (AvgIpc) is 2.51. The molecule has 1 N–H and O–H groups in total. The Labute approximate surface area is 97.5 Å². The van der Waals surface area contributed by atoms with Crippen LogP contribution >= 0.6 is 15.9 Å². The van der Waals surface area contributed by atoms with E-state index in [9.17, 15) is 4.79 Å². The molecule has 1 heterocycles. The molecular formula is C10H15BrN2O2. The molecule has 1 atom stereocenters. The standard InChI is InChI=1S/C10H15BrN2O2/c1-6(11)9(14)12-8-5-7(13-15-8)10(2,3)4/h5-6H,1-4H3,(H,12,14). The van der Waals surface area contributed by atoms with Gasteiger partial charge in [0.1, 0.15) is 0 Å². The highest BCUT2D eigenvalue weighted by molar-refractivity contribution is 9.10. The summed E-state index contributed by atoms with van der Waals surface area (Å²) < 4.78 is 5.01. The van der Waals surface area contributed by atoms with E-state index in [1.807, 2.05) is 20.8 Å². The van der Waals surface area contributed by atoms with Crippen molar-refractivity contribution in [3.63, 3.8) is 0 Å². The molecule has 0 aliphatic carbocycles. The zero-order chi connectivity index (χ0) is 11.6. The second-order valence-electron chi connectivity index (χ2n) is 4.43. The van der Waals surface area contributed by atoms with E-state index in [0.717, 1.165) is 5.69 Å². The van der Waals surface area contributed by atoms with Gasteiger partial charge >= 0.3 is 0 Å². The van der Waals surface area contributed by atoms with Crippen molar-refractivity contribution in [3.8, 4) is 0 Å². The summed E-state index contributed by atoms with van der Waals surface area (Å²) in [6, 6.07) is 1.74. The number of amides is 1. The summed E-state index contributed by atoms with van der Waals surface area (Å²) in [6.07, 6.45) is 0. The summed E-state index contributed by atoms with van der Waals surface area (Å²) in [6.45, 7) is 7.84. The van der Waals surface area contributed by atoms with E-state index >= 15 is 0 Å². The van der Waals surface area contributed by atoms with E-state index in [-0.39, 0.29) is 16.1 Å². The number of rotatable bonds is 2. The number of alkyl halides is 1. The molecule has 0 radical (unpaired) electrons. The Bertz CT molecular complexity index is 353. The molecule has 1 aromatic heterocycles. The smallest absolute Gasteiger partial charge is 0.240 e. The van der Waals surface area contributed by atoms with Gasteiger partial charge in [0.2, 0.25) is 11.8 Å². The SMILES string of the molecule is CC(Br)C(=O)Nc1cc(C(C)(C)C)no1. The molecule has 0 spiro atoms. The van der Waals surface area contributed by atoms with Gasteiger partial charge in [0, 0.05) is 11.5 Å². The molecule has 15 heavy (non-hydrogen) atoms. The molecular weight excluding hydrogens is 260 g/mol. The highest BCUT2D eigenvalue weighted by atomic mass is 79.9. The van der Waals surface area contributed by atoms with Crippen LogP contribution in [0.5, 0.6) is 0 Å². The largest absolute Gasteiger partial charge is 0.338 e. The summed E-state index contributed by atoms with van der Waals surface area (Å²) in [5.74, 6) is 0.239. The van der Waals surface area contributed by atoms with Crippen LogP contribution in [-0.4, -0.2) is 15.9 Å². The van der Waals surface area contributed by atoms with Crippen molar-refractivity contribution in [3.05, 3.63) is 11.8 Å². The molecule has 0 saturated carbocycles. The third-order valence-electron chi connectivity index (χ3n) is 1.89. The number of anilines is 1. The second-order valence-corrected chi connectivity index (χ2v) is 5.81. The monoisotopic (exact) mass is 274 g/mol. The molecule has 0 aliphatic rings. The number of nitrogens with zero attached hydrogens (tertiary/aromatic N) is 1. The third-order valence-corrected chi connectivity index (χ3v) is 2.30. The lowest BCUT2D eigenvalue weighted by atomic mass is 9.92. The van der Waals surface area contributed by atoms with Crippen LogP contribution in [0.2, 0.25) is 0 Å². The first-order valence-electron chi connectivity index (χ1n) is 4.73. The molecule has 0 aromatic carbocycles. The average molecular weight is 275 g/mol. The number of carbonyl (C=O) groups excluding carboxylic acids is 1. The number of halogens is 1. The van der Waals surface area contributed by atoms with Gasteiger partial charge in [0.15, 0.2) is 0 Å². The van der Waals surface area contributed by atoms with Gasteiger partial charge in [0.25, 0.3) is 0 Å². The van der Waals surface area contributed by atoms with Crippen LogP contribution in [0.4, 0.5) is 5.88 Å². The van der Waals surface area contributed by atoms with E-state index < -0.39 is 0 Å². The van der Waals surface area contributed by atoms with E-state index in [2.05, 4.69) is 26.4 Å². The fraction of sp³-hybridized carbons (Fsp3) is 0.600. The number of nitrogens with one attached hydrogen (secondary N) is 1. The van der Waals surface area contributed by atoms with E-state index in [1.54, 1.807) is 13.0 Å². The van der Waals surface area contributed by atoms with Crippen molar-refractivity contribution >= 4 is 27.7 Å². The van der Waals surface area contributed by atoms with E-state index in [1.165, 1.54) is 0 Å². The van der Waals surface area contributed by atoms with E-state index in [0.29, 0.717) is 5.88 Å². The third kappa shape index (κ3) is 3.34. The minimum absolute atomic E-state index is 0.0769. The molecule has 1 unspecified atom stereocenters. The lowest BCUT2D eigenvalue weighted by molar-refractivity contribution is -0.115. The lowest BCUT2D eigenvalue weighted by Gasteiger charge is -2.12. The Kier molecular flexibility index (Phi) is 3.54. The molecule has 1 rings (SSSR count). The lowest BCUT2D eigenvalue weighted by Crippen LogP contribution is -2.19. The van der Waals surface area contributed by atoms with Crippen molar-refractivity contribution < 1.29 is 9.32 Å². The Morgan fingerprint density at radius 3 is 2.60 bits per heavy atom. The fourth-order valence-corrected chi connectivity index (χ4v) is 1.02. The summed E-state index contributed by atoms with van der Waals surface area (Å²) in [4.78, 5) is 11.1. The number of hydrogen-bond donors (Lipinski definition) is 1. The zero-order valence-corrected chi connectivity index (χ0v) is 10.9. The minimum Gasteiger partial charge on any atom is -0.338 e. The quantitative estimate of drug-likeness (QED) is 0.844. The highest BCUT2D eigenvalue weighted by Crippen LogP contribution is 2.23. The molecule has 5 heteroatoms. The number of carbonyl (C=O) groups is 1. The van der Waals surface area contributed by atoms with Crippen molar-refractivity contribution in [1.82, 2.24) is 5.16 Å². The highest BCUT2D eigenvalue weighted by Gasteiger charge is 2.20. The molecule has 4 nitrogen and oxygen atoms in total. The molecule has 0 aliphatic heterocycles. The van der Waals surface area contributed by atoms with Gasteiger partial charge in [0.05, 0.1) is 10.5 Å². The van der Waals surface area contributed by atoms with Gasteiger partial charge in [-0.05, 0) is 6.92 Å². The zero-order valence-electron chi connectivity index (χ0n) is 9.30. The summed E-state index contributed by atoms with van der Waals surface area (Å²) in [7, 11) is 0. The van der Waals surface area contributed by atoms with Crippen molar-refractivity contribution in [1.29, 1.82) is 0 Å². The minimum atomic E-state index is -0.249. The van der Waals surface area contributed by atoms with Crippen molar-refractivity contribution in [2.24, 2.45) is 0 Å². The van der Waals surface area contributed by atoms with Gasteiger partial charge in [-0.25, -0.2) is 0 Å². The first-order valence-corrected chi connectivity index (χ1v) is 5.64. The molecule has 0 saturated heterocycles. The van der Waals surface area contributed by atoms with Gasteiger partial charge < -0.3 is 4.52 Å². The van der Waals surface area contributed by atoms with Crippen LogP contribution in [0.3, 0.4) is 0 Å². The number of hydrogen-bond acceptors (Lipinski definition) is 3. The Morgan fingerprint density at radius 1 is 1.60 bits per heavy atom. The topological polar surface area (TPSA) is 55.1 Å².